The first-order valence-electron chi connectivity index (χ1n) is 8.50. The second-order valence-electron chi connectivity index (χ2n) is 7.52. The molecule has 0 radical (unpaired) electrons. The third kappa shape index (κ3) is 4.73. The minimum absolute atomic E-state index is 0.0279. The van der Waals surface area contributed by atoms with E-state index in [-0.39, 0.29) is 17.4 Å². The lowest BCUT2D eigenvalue weighted by Gasteiger charge is -2.42. The molecular formula is C19H28N2O3. The van der Waals surface area contributed by atoms with Gasteiger partial charge in [0, 0.05) is 32.0 Å². The van der Waals surface area contributed by atoms with Crippen molar-refractivity contribution in [2.24, 2.45) is 0 Å². The topological polar surface area (TPSA) is 58.6 Å². The average Bonchev–Trinajstić information content (AvgIpc) is 2.52. The predicted octanol–water partition coefficient (Wildman–Crippen LogP) is 3.09. The number of hydrogen-bond donors (Lipinski definition) is 1. The Morgan fingerprint density at radius 3 is 2.25 bits per heavy atom. The third-order valence-electron chi connectivity index (χ3n) is 4.43. The van der Waals surface area contributed by atoms with Crippen molar-refractivity contribution in [1.29, 1.82) is 0 Å². The van der Waals surface area contributed by atoms with Crippen molar-refractivity contribution in [1.82, 2.24) is 10.2 Å². The summed E-state index contributed by atoms with van der Waals surface area (Å²) < 4.78 is 5.47. The van der Waals surface area contributed by atoms with E-state index in [4.69, 9.17) is 4.74 Å². The van der Waals surface area contributed by atoms with Crippen molar-refractivity contribution in [2.75, 3.05) is 19.6 Å². The van der Waals surface area contributed by atoms with E-state index in [1.54, 1.807) is 4.90 Å². The van der Waals surface area contributed by atoms with Crippen LogP contribution in [0.15, 0.2) is 30.3 Å². The molecule has 0 atom stereocenters. The summed E-state index contributed by atoms with van der Waals surface area (Å²) in [6, 6.07) is 10.2. The van der Waals surface area contributed by atoms with E-state index in [2.05, 4.69) is 17.4 Å². The lowest BCUT2D eigenvalue weighted by Crippen LogP contribution is -2.51. The number of rotatable bonds is 3. The number of carbonyl (C=O) groups excluding carboxylic acids is 2. The number of carbonyl (C=O) groups is 2. The smallest absolute Gasteiger partial charge is 0.410 e. The molecule has 2 amide bonds. The molecule has 1 heterocycles. The van der Waals surface area contributed by atoms with Gasteiger partial charge in [0.2, 0.25) is 5.91 Å². The van der Waals surface area contributed by atoms with Gasteiger partial charge in [0.25, 0.3) is 0 Å². The summed E-state index contributed by atoms with van der Waals surface area (Å²) in [5, 5.41) is 2.96. The van der Waals surface area contributed by atoms with Crippen LogP contribution in [-0.2, 0) is 14.9 Å². The lowest BCUT2D eigenvalue weighted by atomic mass is 9.72. The number of amides is 2. The first kappa shape index (κ1) is 18.3. The largest absolute Gasteiger partial charge is 0.444 e. The van der Waals surface area contributed by atoms with Gasteiger partial charge in [-0.1, -0.05) is 30.3 Å². The van der Waals surface area contributed by atoms with Crippen molar-refractivity contribution >= 4 is 12.0 Å². The SMILES string of the molecule is CC(=O)NCC1(c2ccccc2)CCN(C(=O)OC(C)(C)C)CC1. The van der Waals surface area contributed by atoms with E-state index in [0.717, 1.165) is 12.8 Å². The molecule has 1 aromatic carbocycles. The van der Waals surface area contributed by atoms with Crippen LogP contribution in [0.5, 0.6) is 0 Å². The fourth-order valence-corrected chi connectivity index (χ4v) is 3.10. The molecule has 1 aliphatic heterocycles. The number of likely N-dealkylation sites (tertiary alicyclic amines) is 1. The minimum atomic E-state index is -0.485. The number of nitrogens with zero attached hydrogens (tertiary/aromatic N) is 1. The standard InChI is InChI=1S/C19H28N2O3/c1-15(22)20-14-19(16-8-6-5-7-9-16)10-12-21(13-11-19)17(23)24-18(2,3)4/h5-9H,10-14H2,1-4H3,(H,20,22). The van der Waals surface area contributed by atoms with E-state index in [1.807, 2.05) is 39.0 Å². The summed E-state index contributed by atoms with van der Waals surface area (Å²) in [6.07, 6.45) is 1.34. The zero-order valence-corrected chi connectivity index (χ0v) is 15.1. The van der Waals surface area contributed by atoms with E-state index in [0.29, 0.717) is 19.6 Å². The molecule has 24 heavy (non-hydrogen) atoms. The molecule has 0 aliphatic carbocycles. The van der Waals surface area contributed by atoms with Crippen LogP contribution < -0.4 is 5.32 Å². The van der Waals surface area contributed by atoms with Crippen molar-refractivity contribution in [3.05, 3.63) is 35.9 Å². The van der Waals surface area contributed by atoms with Crippen LogP contribution in [0.1, 0.15) is 46.1 Å². The zero-order chi connectivity index (χ0) is 17.8. The summed E-state index contributed by atoms with van der Waals surface area (Å²) in [5.74, 6) is -0.0279. The first-order valence-corrected chi connectivity index (χ1v) is 8.50. The molecule has 0 bridgehead atoms. The van der Waals surface area contributed by atoms with Crippen molar-refractivity contribution in [3.63, 3.8) is 0 Å². The van der Waals surface area contributed by atoms with Gasteiger partial charge in [-0.05, 0) is 39.2 Å². The fraction of sp³-hybridized carbons (Fsp3) is 0.579. The molecule has 1 saturated heterocycles. The van der Waals surface area contributed by atoms with Gasteiger partial charge >= 0.3 is 6.09 Å². The van der Waals surface area contributed by atoms with Crippen LogP contribution >= 0.6 is 0 Å². The number of benzene rings is 1. The molecule has 1 aromatic rings. The van der Waals surface area contributed by atoms with E-state index in [1.165, 1.54) is 12.5 Å². The molecule has 1 N–H and O–H groups in total. The van der Waals surface area contributed by atoms with Crippen molar-refractivity contribution in [2.45, 2.75) is 51.6 Å². The maximum Gasteiger partial charge on any atom is 0.410 e. The average molecular weight is 332 g/mol. The quantitative estimate of drug-likeness (QED) is 0.925. The Balaban J connectivity index is 2.10. The Kier molecular flexibility index (Phi) is 5.52. The predicted molar refractivity (Wildman–Crippen MR) is 93.8 cm³/mol. The summed E-state index contributed by atoms with van der Waals surface area (Å²) in [6.45, 7) is 9.01. The van der Waals surface area contributed by atoms with Gasteiger partial charge in [-0.2, -0.15) is 0 Å². The number of ether oxygens (including phenoxy) is 1. The van der Waals surface area contributed by atoms with Gasteiger partial charge in [-0.15, -0.1) is 0 Å². The molecule has 1 aliphatic rings. The summed E-state index contributed by atoms with van der Waals surface area (Å²) >= 11 is 0. The van der Waals surface area contributed by atoms with Gasteiger partial charge in [0.1, 0.15) is 5.60 Å². The molecule has 132 valence electrons. The summed E-state index contributed by atoms with van der Waals surface area (Å²) in [4.78, 5) is 25.4. The molecular weight excluding hydrogens is 304 g/mol. The fourth-order valence-electron chi connectivity index (χ4n) is 3.10. The Bertz CT molecular complexity index is 570. The summed E-state index contributed by atoms with van der Waals surface area (Å²) in [7, 11) is 0. The molecule has 0 unspecified atom stereocenters. The number of nitrogens with one attached hydrogen (secondary N) is 1. The van der Waals surface area contributed by atoms with Crippen LogP contribution in [0, 0.1) is 0 Å². The van der Waals surface area contributed by atoms with Gasteiger partial charge < -0.3 is 15.0 Å². The third-order valence-corrected chi connectivity index (χ3v) is 4.43. The van der Waals surface area contributed by atoms with Gasteiger partial charge in [-0.3, -0.25) is 4.79 Å². The second-order valence-corrected chi connectivity index (χ2v) is 7.52. The van der Waals surface area contributed by atoms with Crippen molar-refractivity contribution in [3.8, 4) is 0 Å². The Morgan fingerprint density at radius 2 is 1.75 bits per heavy atom. The maximum absolute atomic E-state index is 12.3. The summed E-state index contributed by atoms with van der Waals surface area (Å²) in [5.41, 5.74) is 0.592. The minimum Gasteiger partial charge on any atom is -0.444 e. The highest BCUT2D eigenvalue weighted by atomic mass is 16.6. The van der Waals surface area contributed by atoms with Gasteiger partial charge in [0.05, 0.1) is 0 Å². The highest BCUT2D eigenvalue weighted by molar-refractivity contribution is 5.73. The highest BCUT2D eigenvalue weighted by Gasteiger charge is 2.38. The van der Waals surface area contributed by atoms with Gasteiger partial charge in [0.15, 0.2) is 0 Å². The van der Waals surface area contributed by atoms with Crippen LogP contribution in [0.25, 0.3) is 0 Å². The Labute approximate surface area is 144 Å². The molecule has 5 heteroatoms. The lowest BCUT2D eigenvalue weighted by molar-refractivity contribution is -0.119. The molecule has 0 aromatic heterocycles. The van der Waals surface area contributed by atoms with Crippen molar-refractivity contribution < 1.29 is 14.3 Å². The van der Waals surface area contributed by atoms with E-state index < -0.39 is 5.60 Å². The number of piperidine rings is 1. The number of hydrogen-bond acceptors (Lipinski definition) is 3. The van der Waals surface area contributed by atoms with Crippen LogP contribution in [0.2, 0.25) is 0 Å². The molecule has 0 saturated carbocycles. The van der Waals surface area contributed by atoms with Crippen LogP contribution in [0.3, 0.4) is 0 Å². The molecule has 5 nitrogen and oxygen atoms in total. The molecule has 1 fully saturated rings. The Hall–Kier alpha value is -2.04. The highest BCUT2D eigenvalue weighted by Crippen LogP contribution is 2.35. The normalized spacial score (nSPS) is 17.2. The molecule has 0 spiro atoms. The zero-order valence-electron chi connectivity index (χ0n) is 15.1. The Morgan fingerprint density at radius 1 is 1.17 bits per heavy atom. The van der Waals surface area contributed by atoms with E-state index in [9.17, 15) is 9.59 Å². The maximum atomic E-state index is 12.3. The monoisotopic (exact) mass is 332 g/mol. The van der Waals surface area contributed by atoms with Gasteiger partial charge in [-0.25, -0.2) is 4.79 Å². The van der Waals surface area contributed by atoms with Crippen LogP contribution in [-0.4, -0.2) is 42.1 Å². The van der Waals surface area contributed by atoms with Crippen LogP contribution in [0.4, 0.5) is 4.79 Å². The molecule has 2 rings (SSSR count). The first-order chi connectivity index (χ1) is 11.2. The van der Waals surface area contributed by atoms with E-state index >= 15 is 0 Å². The second kappa shape index (κ2) is 7.24.